The number of hydrogen-bond donors (Lipinski definition) is 2. The predicted molar refractivity (Wildman–Crippen MR) is 75.7 cm³/mol. The van der Waals surface area contributed by atoms with Gasteiger partial charge < -0.3 is 10.3 Å². The molecule has 0 amide bonds. The van der Waals surface area contributed by atoms with Crippen LogP contribution in [0, 0.1) is 23.2 Å². The fraction of sp³-hybridized carbons (Fsp3) is 0.812. The highest BCUT2D eigenvalue weighted by Crippen LogP contribution is 2.61. The molecule has 1 unspecified atom stereocenters. The standard InChI is InChI=1S/C16H25N3/c1-17-14(7-15-18-2-3-19-15)16-8-11-4-12(9-16)6-13(5-11)10-16/h2-3,11-14,17H,4-10H2,1H3,(H,18,19). The van der Waals surface area contributed by atoms with Gasteiger partial charge in [-0.1, -0.05) is 0 Å². The van der Waals surface area contributed by atoms with Gasteiger partial charge in [0.2, 0.25) is 0 Å². The lowest BCUT2D eigenvalue weighted by atomic mass is 9.47. The van der Waals surface area contributed by atoms with Crippen LogP contribution in [0.5, 0.6) is 0 Å². The van der Waals surface area contributed by atoms with E-state index in [1.165, 1.54) is 38.5 Å². The average molecular weight is 259 g/mol. The van der Waals surface area contributed by atoms with E-state index in [0.29, 0.717) is 11.5 Å². The van der Waals surface area contributed by atoms with Gasteiger partial charge in [0.1, 0.15) is 5.82 Å². The maximum Gasteiger partial charge on any atom is 0.107 e. The van der Waals surface area contributed by atoms with Gasteiger partial charge in [-0.15, -0.1) is 0 Å². The molecule has 0 aromatic carbocycles. The number of hydrogen-bond acceptors (Lipinski definition) is 2. The first kappa shape index (κ1) is 12.0. The Bertz CT molecular complexity index is 402. The minimum absolute atomic E-state index is 0.566. The highest BCUT2D eigenvalue weighted by Gasteiger charge is 2.53. The van der Waals surface area contributed by atoms with E-state index in [1.807, 2.05) is 12.4 Å². The lowest BCUT2D eigenvalue weighted by molar-refractivity contribution is -0.0727. The summed E-state index contributed by atoms with van der Waals surface area (Å²) < 4.78 is 0. The van der Waals surface area contributed by atoms with Gasteiger partial charge in [0.05, 0.1) is 0 Å². The molecule has 19 heavy (non-hydrogen) atoms. The molecule has 4 aliphatic carbocycles. The number of nitrogens with one attached hydrogen (secondary N) is 2. The van der Waals surface area contributed by atoms with E-state index in [2.05, 4.69) is 22.3 Å². The first-order valence-corrected chi connectivity index (χ1v) is 7.93. The summed E-state index contributed by atoms with van der Waals surface area (Å²) in [4.78, 5) is 7.72. The predicted octanol–water partition coefficient (Wildman–Crippen LogP) is 2.76. The molecule has 0 saturated heterocycles. The van der Waals surface area contributed by atoms with Gasteiger partial charge in [-0.2, -0.15) is 0 Å². The van der Waals surface area contributed by atoms with Crippen LogP contribution in [0.25, 0.3) is 0 Å². The summed E-state index contributed by atoms with van der Waals surface area (Å²) in [6.07, 6.45) is 13.9. The molecule has 0 radical (unpaired) electrons. The molecule has 0 aliphatic heterocycles. The molecule has 4 aliphatic rings. The normalized spacial score (nSPS) is 41.6. The molecule has 1 aromatic heterocycles. The van der Waals surface area contributed by atoms with Gasteiger partial charge in [-0.05, 0) is 68.7 Å². The topological polar surface area (TPSA) is 40.7 Å². The maximum atomic E-state index is 4.44. The quantitative estimate of drug-likeness (QED) is 0.873. The van der Waals surface area contributed by atoms with Crippen molar-refractivity contribution < 1.29 is 0 Å². The van der Waals surface area contributed by atoms with Crippen LogP contribution in [0.4, 0.5) is 0 Å². The molecule has 3 heteroatoms. The number of nitrogens with zero attached hydrogens (tertiary/aromatic N) is 1. The molecular formula is C16H25N3. The van der Waals surface area contributed by atoms with Crippen molar-refractivity contribution in [3.8, 4) is 0 Å². The molecule has 4 bridgehead atoms. The molecule has 1 heterocycles. The number of likely N-dealkylation sites (N-methyl/N-ethyl adjacent to an activating group) is 1. The zero-order chi connectivity index (χ0) is 12.9. The molecule has 3 nitrogen and oxygen atoms in total. The second kappa shape index (κ2) is 4.34. The van der Waals surface area contributed by atoms with Crippen LogP contribution in [-0.2, 0) is 6.42 Å². The number of H-pyrrole nitrogens is 1. The van der Waals surface area contributed by atoms with Crippen LogP contribution < -0.4 is 5.32 Å². The summed E-state index contributed by atoms with van der Waals surface area (Å²) >= 11 is 0. The largest absolute Gasteiger partial charge is 0.349 e. The first-order chi connectivity index (χ1) is 9.27. The van der Waals surface area contributed by atoms with Gasteiger partial charge in [-0.3, -0.25) is 0 Å². The molecular weight excluding hydrogens is 234 g/mol. The summed E-state index contributed by atoms with van der Waals surface area (Å²) in [5, 5.41) is 3.64. The van der Waals surface area contributed by atoms with E-state index in [1.54, 1.807) is 0 Å². The summed E-state index contributed by atoms with van der Waals surface area (Å²) in [6.45, 7) is 0. The van der Waals surface area contributed by atoms with Crippen molar-refractivity contribution in [1.29, 1.82) is 0 Å². The minimum Gasteiger partial charge on any atom is -0.349 e. The van der Waals surface area contributed by atoms with Crippen LogP contribution in [0.15, 0.2) is 12.4 Å². The Morgan fingerprint density at radius 3 is 2.37 bits per heavy atom. The van der Waals surface area contributed by atoms with Gasteiger partial charge >= 0.3 is 0 Å². The van der Waals surface area contributed by atoms with E-state index in [-0.39, 0.29) is 0 Å². The zero-order valence-corrected chi connectivity index (χ0v) is 11.9. The third-order valence-electron chi connectivity index (χ3n) is 6.13. The molecule has 4 fully saturated rings. The molecule has 1 aromatic rings. The average Bonchev–Trinajstić information content (AvgIpc) is 2.87. The number of aromatic amines is 1. The Labute approximate surface area is 115 Å². The molecule has 5 rings (SSSR count). The molecule has 1 atom stereocenters. The van der Waals surface area contributed by atoms with Gasteiger partial charge in [-0.25, -0.2) is 4.98 Å². The number of rotatable bonds is 4. The highest BCUT2D eigenvalue weighted by atomic mass is 14.9. The van der Waals surface area contributed by atoms with Crippen molar-refractivity contribution in [2.75, 3.05) is 7.05 Å². The third kappa shape index (κ3) is 1.94. The Morgan fingerprint density at radius 2 is 1.89 bits per heavy atom. The van der Waals surface area contributed by atoms with Crippen LogP contribution in [0.2, 0.25) is 0 Å². The SMILES string of the molecule is CNC(Cc1ncc[nH]1)C12CC3CC(CC(C3)C1)C2. The fourth-order valence-corrected chi connectivity index (χ4v) is 5.83. The maximum absolute atomic E-state index is 4.44. The van der Waals surface area contributed by atoms with Crippen molar-refractivity contribution in [3.63, 3.8) is 0 Å². The minimum atomic E-state index is 0.566. The van der Waals surface area contributed by atoms with E-state index in [4.69, 9.17) is 0 Å². The number of aromatic nitrogens is 2. The molecule has 0 spiro atoms. The monoisotopic (exact) mass is 259 g/mol. The van der Waals surface area contributed by atoms with Gasteiger partial charge in [0, 0.05) is 24.9 Å². The van der Waals surface area contributed by atoms with Crippen LogP contribution in [0.1, 0.15) is 44.3 Å². The Kier molecular flexibility index (Phi) is 2.73. The van der Waals surface area contributed by atoms with Crippen molar-refractivity contribution in [3.05, 3.63) is 18.2 Å². The summed E-state index contributed by atoms with van der Waals surface area (Å²) in [5.74, 6) is 4.23. The van der Waals surface area contributed by atoms with Gasteiger partial charge in [0.15, 0.2) is 0 Å². The second-order valence-corrected chi connectivity index (χ2v) is 7.36. The van der Waals surface area contributed by atoms with Crippen LogP contribution in [-0.4, -0.2) is 23.1 Å². The highest BCUT2D eigenvalue weighted by molar-refractivity contribution is 5.08. The first-order valence-electron chi connectivity index (χ1n) is 7.93. The lowest BCUT2D eigenvalue weighted by Gasteiger charge is -2.59. The van der Waals surface area contributed by atoms with Gasteiger partial charge in [0.25, 0.3) is 0 Å². The van der Waals surface area contributed by atoms with Crippen molar-refractivity contribution in [2.24, 2.45) is 23.2 Å². The summed E-state index contributed by atoms with van der Waals surface area (Å²) in [5.41, 5.74) is 0.566. The molecule has 4 saturated carbocycles. The Hall–Kier alpha value is -0.830. The third-order valence-corrected chi connectivity index (χ3v) is 6.13. The fourth-order valence-electron chi connectivity index (χ4n) is 5.83. The molecule has 2 N–H and O–H groups in total. The second-order valence-electron chi connectivity index (χ2n) is 7.36. The van der Waals surface area contributed by atoms with Crippen molar-refractivity contribution in [2.45, 2.75) is 51.0 Å². The van der Waals surface area contributed by atoms with E-state index >= 15 is 0 Å². The smallest absolute Gasteiger partial charge is 0.107 e. The number of imidazole rings is 1. The Morgan fingerprint density at radius 1 is 1.26 bits per heavy atom. The van der Waals surface area contributed by atoms with Crippen molar-refractivity contribution >= 4 is 0 Å². The Balaban J connectivity index is 1.58. The lowest BCUT2D eigenvalue weighted by Crippen LogP contribution is -2.56. The zero-order valence-electron chi connectivity index (χ0n) is 11.9. The van der Waals surface area contributed by atoms with Crippen LogP contribution in [0.3, 0.4) is 0 Å². The van der Waals surface area contributed by atoms with E-state index in [9.17, 15) is 0 Å². The van der Waals surface area contributed by atoms with E-state index in [0.717, 1.165) is 30.0 Å². The molecule has 104 valence electrons. The van der Waals surface area contributed by atoms with Crippen molar-refractivity contribution in [1.82, 2.24) is 15.3 Å². The summed E-state index contributed by atoms with van der Waals surface area (Å²) in [6, 6.07) is 0.604. The van der Waals surface area contributed by atoms with Crippen LogP contribution >= 0.6 is 0 Å². The van der Waals surface area contributed by atoms with E-state index < -0.39 is 0 Å². The summed E-state index contributed by atoms with van der Waals surface area (Å²) in [7, 11) is 2.15.